The largest absolute Gasteiger partial charge is 0.379 e. The SMILES string of the molecule is COC1COCCCC1N. The topological polar surface area (TPSA) is 44.5 Å². The monoisotopic (exact) mass is 145 g/mol. The minimum atomic E-state index is 0.0995. The summed E-state index contributed by atoms with van der Waals surface area (Å²) < 4.78 is 10.4. The lowest BCUT2D eigenvalue weighted by Gasteiger charge is -2.17. The second-order valence-electron chi connectivity index (χ2n) is 2.66. The van der Waals surface area contributed by atoms with Crippen LogP contribution in [0.5, 0.6) is 0 Å². The Morgan fingerprint density at radius 3 is 3.10 bits per heavy atom. The van der Waals surface area contributed by atoms with E-state index in [4.69, 9.17) is 15.2 Å². The molecule has 1 heterocycles. The van der Waals surface area contributed by atoms with Crippen molar-refractivity contribution in [2.45, 2.75) is 25.0 Å². The standard InChI is InChI=1S/C7H15NO2/c1-9-7-5-10-4-2-3-6(7)8/h6-7H,2-5,8H2,1H3. The van der Waals surface area contributed by atoms with E-state index in [0.717, 1.165) is 19.4 Å². The molecule has 3 nitrogen and oxygen atoms in total. The Morgan fingerprint density at radius 2 is 2.40 bits per heavy atom. The molecule has 0 radical (unpaired) electrons. The normalized spacial score (nSPS) is 35.4. The van der Waals surface area contributed by atoms with Gasteiger partial charge in [0.05, 0.1) is 12.7 Å². The van der Waals surface area contributed by atoms with Crippen LogP contribution in [-0.2, 0) is 9.47 Å². The summed E-state index contributed by atoms with van der Waals surface area (Å²) in [5.74, 6) is 0. The molecule has 2 N–H and O–H groups in total. The zero-order valence-electron chi connectivity index (χ0n) is 6.38. The molecule has 0 aromatic heterocycles. The lowest BCUT2D eigenvalue weighted by Crippen LogP contribution is -2.37. The molecule has 0 spiro atoms. The summed E-state index contributed by atoms with van der Waals surface area (Å²) in [7, 11) is 1.68. The number of hydrogen-bond acceptors (Lipinski definition) is 3. The summed E-state index contributed by atoms with van der Waals surface area (Å²) in [6.45, 7) is 1.48. The summed E-state index contributed by atoms with van der Waals surface area (Å²) >= 11 is 0. The minimum Gasteiger partial charge on any atom is -0.379 e. The van der Waals surface area contributed by atoms with Crippen LogP contribution in [0.1, 0.15) is 12.8 Å². The van der Waals surface area contributed by atoms with E-state index in [0.29, 0.717) is 6.61 Å². The van der Waals surface area contributed by atoms with Crippen LogP contribution in [0.25, 0.3) is 0 Å². The highest BCUT2D eigenvalue weighted by molar-refractivity contribution is 4.74. The minimum absolute atomic E-state index is 0.0995. The highest BCUT2D eigenvalue weighted by atomic mass is 16.5. The van der Waals surface area contributed by atoms with Crippen molar-refractivity contribution in [2.75, 3.05) is 20.3 Å². The van der Waals surface area contributed by atoms with Gasteiger partial charge in [-0.3, -0.25) is 0 Å². The molecule has 60 valence electrons. The Balaban J connectivity index is 2.35. The summed E-state index contributed by atoms with van der Waals surface area (Å²) in [5.41, 5.74) is 5.78. The van der Waals surface area contributed by atoms with E-state index in [1.54, 1.807) is 7.11 Å². The van der Waals surface area contributed by atoms with Crippen molar-refractivity contribution in [1.82, 2.24) is 0 Å². The zero-order chi connectivity index (χ0) is 7.40. The summed E-state index contributed by atoms with van der Waals surface area (Å²) in [6.07, 6.45) is 2.17. The van der Waals surface area contributed by atoms with Gasteiger partial charge >= 0.3 is 0 Å². The van der Waals surface area contributed by atoms with Gasteiger partial charge in [0.15, 0.2) is 0 Å². The maximum absolute atomic E-state index is 5.78. The van der Waals surface area contributed by atoms with E-state index in [1.165, 1.54) is 0 Å². The Bertz CT molecular complexity index is 97.6. The summed E-state index contributed by atoms with van der Waals surface area (Å²) in [6, 6.07) is 0.160. The van der Waals surface area contributed by atoms with Gasteiger partial charge in [-0.1, -0.05) is 0 Å². The van der Waals surface area contributed by atoms with E-state index in [-0.39, 0.29) is 12.1 Å². The van der Waals surface area contributed by atoms with Gasteiger partial charge in [-0.2, -0.15) is 0 Å². The molecule has 0 amide bonds. The van der Waals surface area contributed by atoms with Crippen molar-refractivity contribution in [3.8, 4) is 0 Å². The smallest absolute Gasteiger partial charge is 0.0955 e. The lowest BCUT2D eigenvalue weighted by atomic mass is 10.1. The lowest BCUT2D eigenvalue weighted by molar-refractivity contribution is 0.0122. The zero-order valence-corrected chi connectivity index (χ0v) is 6.38. The maximum Gasteiger partial charge on any atom is 0.0955 e. The average molecular weight is 145 g/mol. The predicted molar refractivity (Wildman–Crippen MR) is 38.8 cm³/mol. The molecule has 1 aliphatic heterocycles. The summed E-state index contributed by atoms with van der Waals surface area (Å²) in [5, 5.41) is 0. The molecule has 0 aliphatic carbocycles. The Labute approximate surface area is 61.5 Å². The molecule has 0 bridgehead atoms. The second kappa shape index (κ2) is 3.91. The van der Waals surface area contributed by atoms with Crippen LogP contribution in [0.4, 0.5) is 0 Å². The van der Waals surface area contributed by atoms with Crippen molar-refractivity contribution in [1.29, 1.82) is 0 Å². The fourth-order valence-electron chi connectivity index (χ4n) is 1.17. The fraction of sp³-hybridized carbons (Fsp3) is 1.00. The van der Waals surface area contributed by atoms with E-state index in [1.807, 2.05) is 0 Å². The van der Waals surface area contributed by atoms with Gasteiger partial charge in [0, 0.05) is 19.8 Å². The van der Waals surface area contributed by atoms with Gasteiger partial charge in [0.2, 0.25) is 0 Å². The summed E-state index contributed by atoms with van der Waals surface area (Å²) in [4.78, 5) is 0. The van der Waals surface area contributed by atoms with E-state index in [9.17, 15) is 0 Å². The number of rotatable bonds is 1. The first kappa shape index (κ1) is 7.98. The third-order valence-corrected chi connectivity index (χ3v) is 1.89. The first-order valence-corrected chi connectivity index (χ1v) is 3.70. The van der Waals surface area contributed by atoms with Gasteiger partial charge in [-0.25, -0.2) is 0 Å². The van der Waals surface area contributed by atoms with E-state index in [2.05, 4.69) is 0 Å². The average Bonchev–Trinajstić information content (AvgIpc) is 2.13. The van der Waals surface area contributed by atoms with Crippen LogP contribution in [0, 0.1) is 0 Å². The van der Waals surface area contributed by atoms with Gasteiger partial charge in [0.25, 0.3) is 0 Å². The maximum atomic E-state index is 5.78. The first-order chi connectivity index (χ1) is 4.84. The molecule has 2 atom stereocenters. The highest BCUT2D eigenvalue weighted by Crippen LogP contribution is 2.08. The molecule has 2 unspecified atom stereocenters. The van der Waals surface area contributed by atoms with Crippen molar-refractivity contribution in [3.05, 3.63) is 0 Å². The molecule has 10 heavy (non-hydrogen) atoms. The van der Waals surface area contributed by atoms with Crippen LogP contribution in [-0.4, -0.2) is 32.5 Å². The molecule has 0 aromatic carbocycles. The van der Waals surface area contributed by atoms with E-state index >= 15 is 0 Å². The number of nitrogens with two attached hydrogens (primary N) is 1. The van der Waals surface area contributed by atoms with Crippen LogP contribution in [0.2, 0.25) is 0 Å². The molecule has 1 fully saturated rings. The second-order valence-corrected chi connectivity index (χ2v) is 2.66. The van der Waals surface area contributed by atoms with Crippen molar-refractivity contribution in [3.63, 3.8) is 0 Å². The molecule has 1 rings (SSSR count). The van der Waals surface area contributed by atoms with Crippen molar-refractivity contribution >= 4 is 0 Å². The quantitative estimate of drug-likeness (QED) is 0.570. The van der Waals surface area contributed by atoms with Gasteiger partial charge < -0.3 is 15.2 Å². The van der Waals surface area contributed by atoms with Crippen LogP contribution in [0.3, 0.4) is 0 Å². The molecule has 1 aliphatic rings. The molecular formula is C7H15NO2. The number of ether oxygens (including phenoxy) is 2. The Kier molecular flexibility index (Phi) is 3.12. The van der Waals surface area contributed by atoms with Crippen LogP contribution < -0.4 is 5.73 Å². The Hall–Kier alpha value is -0.120. The van der Waals surface area contributed by atoms with E-state index < -0.39 is 0 Å². The number of hydrogen-bond donors (Lipinski definition) is 1. The third-order valence-electron chi connectivity index (χ3n) is 1.89. The Morgan fingerprint density at radius 1 is 1.60 bits per heavy atom. The molecule has 0 aromatic rings. The third kappa shape index (κ3) is 1.94. The predicted octanol–water partition coefficient (Wildman–Crippen LogP) is 0.139. The molecule has 3 heteroatoms. The molecule has 1 saturated heterocycles. The van der Waals surface area contributed by atoms with Crippen LogP contribution in [0.15, 0.2) is 0 Å². The number of methoxy groups -OCH3 is 1. The fourth-order valence-corrected chi connectivity index (χ4v) is 1.17. The van der Waals surface area contributed by atoms with Gasteiger partial charge in [-0.05, 0) is 12.8 Å². The van der Waals surface area contributed by atoms with Gasteiger partial charge in [-0.15, -0.1) is 0 Å². The van der Waals surface area contributed by atoms with Crippen molar-refractivity contribution in [2.24, 2.45) is 5.73 Å². The van der Waals surface area contributed by atoms with Crippen LogP contribution >= 0.6 is 0 Å². The van der Waals surface area contributed by atoms with Crippen molar-refractivity contribution < 1.29 is 9.47 Å². The highest BCUT2D eigenvalue weighted by Gasteiger charge is 2.19. The van der Waals surface area contributed by atoms with Gasteiger partial charge in [0.1, 0.15) is 0 Å². The molecular weight excluding hydrogens is 130 g/mol. The molecule has 0 saturated carbocycles. The first-order valence-electron chi connectivity index (χ1n) is 3.70.